The van der Waals surface area contributed by atoms with E-state index in [0.29, 0.717) is 29.2 Å². The number of aromatic nitrogens is 5. The minimum atomic E-state index is -0.305. The fourth-order valence-electron chi connectivity index (χ4n) is 2.73. The zero-order valence-corrected chi connectivity index (χ0v) is 14.7. The molecule has 2 heterocycles. The molecule has 0 spiro atoms. The fraction of sp³-hybridized carbons (Fsp3) is 0.100. The fourth-order valence-corrected chi connectivity index (χ4v) is 2.73. The van der Waals surface area contributed by atoms with Gasteiger partial charge >= 0.3 is 0 Å². The highest BCUT2D eigenvalue weighted by Crippen LogP contribution is 2.26. The maximum absolute atomic E-state index is 14.6. The van der Waals surface area contributed by atoms with E-state index in [9.17, 15) is 4.39 Å². The average molecular weight is 360 g/mol. The van der Waals surface area contributed by atoms with Crippen molar-refractivity contribution in [3.63, 3.8) is 0 Å². The van der Waals surface area contributed by atoms with Crippen molar-refractivity contribution < 1.29 is 4.39 Å². The summed E-state index contributed by atoms with van der Waals surface area (Å²) in [5.74, 6) is 0.130. The van der Waals surface area contributed by atoms with Gasteiger partial charge in [-0.3, -0.25) is 4.98 Å². The van der Waals surface area contributed by atoms with Crippen molar-refractivity contribution in [1.29, 1.82) is 0 Å². The van der Waals surface area contributed by atoms with Crippen molar-refractivity contribution in [2.24, 2.45) is 7.05 Å². The van der Waals surface area contributed by atoms with Crippen LogP contribution in [0.4, 0.5) is 10.1 Å². The minimum Gasteiger partial charge on any atom is -0.381 e. The molecule has 0 aliphatic heterocycles. The van der Waals surface area contributed by atoms with Crippen LogP contribution in [0.3, 0.4) is 0 Å². The first-order valence-electron chi connectivity index (χ1n) is 8.47. The lowest BCUT2D eigenvalue weighted by molar-refractivity contribution is 0.630. The number of tetrazole rings is 1. The SMILES string of the molecule is Cn1nnc(-c2ccc(-c3ccc(NCc4ccccc4)cc3F)cn2)n1. The van der Waals surface area contributed by atoms with Crippen molar-refractivity contribution in [3.05, 3.63) is 78.2 Å². The number of hydrogen-bond donors (Lipinski definition) is 1. The Balaban J connectivity index is 1.50. The van der Waals surface area contributed by atoms with Gasteiger partial charge in [0.25, 0.3) is 0 Å². The van der Waals surface area contributed by atoms with E-state index in [-0.39, 0.29) is 5.82 Å². The molecule has 6 nitrogen and oxygen atoms in total. The highest BCUT2D eigenvalue weighted by Gasteiger charge is 2.10. The predicted octanol–water partition coefficient (Wildman–Crippen LogP) is 3.69. The van der Waals surface area contributed by atoms with Crippen molar-refractivity contribution in [2.75, 3.05) is 5.32 Å². The van der Waals surface area contributed by atoms with Crippen LogP contribution in [0.25, 0.3) is 22.6 Å². The van der Waals surface area contributed by atoms with Crippen LogP contribution in [0.5, 0.6) is 0 Å². The van der Waals surface area contributed by atoms with Crippen LogP contribution in [0.1, 0.15) is 5.56 Å². The molecule has 0 fully saturated rings. The van der Waals surface area contributed by atoms with Gasteiger partial charge < -0.3 is 5.32 Å². The van der Waals surface area contributed by atoms with Crippen molar-refractivity contribution >= 4 is 5.69 Å². The second kappa shape index (κ2) is 7.33. The summed E-state index contributed by atoms with van der Waals surface area (Å²) in [7, 11) is 1.69. The topological polar surface area (TPSA) is 68.5 Å². The molecule has 2 aromatic heterocycles. The van der Waals surface area contributed by atoms with Gasteiger partial charge in [-0.2, -0.15) is 4.80 Å². The summed E-state index contributed by atoms with van der Waals surface area (Å²) in [6.07, 6.45) is 1.61. The van der Waals surface area contributed by atoms with Gasteiger partial charge in [-0.25, -0.2) is 4.39 Å². The maximum Gasteiger partial charge on any atom is 0.223 e. The van der Waals surface area contributed by atoms with Crippen LogP contribution >= 0.6 is 0 Å². The number of hydrogen-bond acceptors (Lipinski definition) is 5. The predicted molar refractivity (Wildman–Crippen MR) is 101 cm³/mol. The Hall–Kier alpha value is -3.61. The monoisotopic (exact) mass is 360 g/mol. The van der Waals surface area contributed by atoms with E-state index in [0.717, 1.165) is 11.3 Å². The first-order chi connectivity index (χ1) is 13.2. The minimum absolute atomic E-state index is 0.305. The van der Waals surface area contributed by atoms with E-state index in [1.165, 1.54) is 10.9 Å². The largest absolute Gasteiger partial charge is 0.381 e. The van der Waals surface area contributed by atoms with Crippen LogP contribution in [0, 0.1) is 5.82 Å². The summed E-state index contributed by atoms with van der Waals surface area (Å²) in [5, 5.41) is 15.0. The molecule has 0 atom stereocenters. The van der Waals surface area contributed by atoms with Gasteiger partial charge in [-0.15, -0.1) is 10.2 Å². The van der Waals surface area contributed by atoms with Crippen LogP contribution in [0.2, 0.25) is 0 Å². The molecule has 1 N–H and O–H groups in total. The first kappa shape index (κ1) is 16.8. The van der Waals surface area contributed by atoms with E-state index in [1.807, 2.05) is 36.4 Å². The normalized spacial score (nSPS) is 10.7. The molecule has 0 amide bonds. The van der Waals surface area contributed by atoms with Gasteiger partial charge in [0.15, 0.2) is 0 Å². The van der Waals surface area contributed by atoms with Crippen LogP contribution in [0.15, 0.2) is 66.9 Å². The molecule has 7 heteroatoms. The van der Waals surface area contributed by atoms with E-state index in [4.69, 9.17) is 0 Å². The molecule has 0 bridgehead atoms. The molecular formula is C20H17FN6. The zero-order chi connectivity index (χ0) is 18.6. The molecule has 0 radical (unpaired) electrons. The Morgan fingerprint density at radius 1 is 1.04 bits per heavy atom. The maximum atomic E-state index is 14.6. The summed E-state index contributed by atoms with van der Waals surface area (Å²) in [5.41, 5.74) is 3.64. The quantitative estimate of drug-likeness (QED) is 0.588. The third-order valence-corrected chi connectivity index (χ3v) is 4.12. The average Bonchev–Trinajstić information content (AvgIpc) is 3.14. The van der Waals surface area contributed by atoms with Gasteiger partial charge in [-0.05, 0) is 35.0 Å². The number of rotatable bonds is 5. The number of pyridine rings is 1. The van der Waals surface area contributed by atoms with Gasteiger partial charge in [0.05, 0.1) is 7.05 Å². The summed E-state index contributed by atoms with van der Waals surface area (Å²) >= 11 is 0. The Morgan fingerprint density at radius 2 is 1.89 bits per heavy atom. The second-order valence-corrected chi connectivity index (χ2v) is 6.07. The molecule has 2 aromatic carbocycles. The molecule has 27 heavy (non-hydrogen) atoms. The summed E-state index contributed by atoms with van der Waals surface area (Å²) in [6, 6.07) is 18.6. The van der Waals surface area contributed by atoms with Gasteiger partial charge in [0, 0.05) is 29.6 Å². The molecular weight excluding hydrogens is 343 g/mol. The Bertz CT molecular complexity index is 1040. The smallest absolute Gasteiger partial charge is 0.223 e. The lowest BCUT2D eigenvalue weighted by Crippen LogP contribution is -2.00. The van der Waals surface area contributed by atoms with Crippen LogP contribution in [-0.4, -0.2) is 25.2 Å². The third kappa shape index (κ3) is 3.82. The van der Waals surface area contributed by atoms with Gasteiger partial charge in [0.2, 0.25) is 5.82 Å². The highest BCUT2D eigenvalue weighted by molar-refractivity contribution is 5.67. The second-order valence-electron chi connectivity index (χ2n) is 6.07. The van der Waals surface area contributed by atoms with E-state index < -0.39 is 0 Å². The number of halogens is 1. The number of nitrogens with zero attached hydrogens (tertiary/aromatic N) is 5. The Labute approximate surface area is 155 Å². The Kier molecular flexibility index (Phi) is 4.57. The highest BCUT2D eigenvalue weighted by atomic mass is 19.1. The lowest BCUT2D eigenvalue weighted by Gasteiger charge is -2.09. The lowest BCUT2D eigenvalue weighted by atomic mass is 10.1. The number of aryl methyl sites for hydroxylation is 1. The van der Waals surface area contributed by atoms with Gasteiger partial charge in [-0.1, -0.05) is 36.4 Å². The Morgan fingerprint density at radius 3 is 2.56 bits per heavy atom. The van der Waals surface area contributed by atoms with E-state index in [1.54, 1.807) is 31.4 Å². The van der Waals surface area contributed by atoms with Crippen LogP contribution in [-0.2, 0) is 13.6 Å². The first-order valence-corrected chi connectivity index (χ1v) is 8.47. The van der Waals surface area contributed by atoms with Gasteiger partial charge in [0.1, 0.15) is 11.5 Å². The number of anilines is 1. The zero-order valence-electron chi connectivity index (χ0n) is 14.7. The van der Waals surface area contributed by atoms with Crippen LogP contribution < -0.4 is 5.32 Å². The molecule has 0 saturated carbocycles. The summed E-state index contributed by atoms with van der Waals surface area (Å²) in [6.45, 7) is 0.640. The molecule has 134 valence electrons. The van der Waals surface area contributed by atoms with E-state index >= 15 is 0 Å². The molecule has 0 saturated heterocycles. The molecule has 0 aliphatic rings. The standard InChI is InChI=1S/C20H17FN6/c1-27-25-20(24-26-27)19-10-7-15(13-23-19)17-9-8-16(11-18(17)21)22-12-14-5-3-2-4-6-14/h2-11,13,22H,12H2,1H3. The van der Waals surface area contributed by atoms with Crippen molar-refractivity contribution in [2.45, 2.75) is 6.54 Å². The third-order valence-electron chi connectivity index (χ3n) is 4.12. The molecule has 4 rings (SSSR count). The molecule has 0 aliphatic carbocycles. The summed E-state index contributed by atoms with van der Waals surface area (Å²) < 4.78 is 14.6. The number of benzene rings is 2. The molecule has 0 unspecified atom stereocenters. The summed E-state index contributed by atoms with van der Waals surface area (Å²) in [4.78, 5) is 5.68. The van der Waals surface area contributed by atoms with Crippen molar-refractivity contribution in [3.8, 4) is 22.6 Å². The van der Waals surface area contributed by atoms with E-state index in [2.05, 4.69) is 25.7 Å². The number of nitrogens with one attached hydrogen (secondary N) is 1. The molecule has 4 aromatic rings. The van der Waals surface area contributed by atoms with Crippen molar-refractivity contribution in [1.82, 2.24) is 25.2 Å².